The van der Waals surface area contributed by atoms with Crippen LogP contribution in [0, 0.1) is 0 Å². The summed E-state index contributed by atoms with van der Waals surface area (Å²) in [6.45, 7) is 5.47. The molecule has 1 aromatic rings. The zero-order valence-corrected chi connectivity index (χ0v) is 15.5. The van der Waals surface area contributed by atoms with Crippen molar-refractivity contribution in [3.63, 3.8) is 0 Å². The van der Waals surface area contributed by atoms with Crippen molar-refractivity contribution in [1.29, 1.82) is 0 Å². The largest absolute Gasteiger partial charge is 0.487 e. The third-order valence-corrected chi connectivity index (χ3v) is 5.72. The van der Waals surface area contributed by atoms with E-state index in [-0.39, 0.29) is 18.4 Å². The molecule has 9 heteroatoms. The number of fused-ring (bicyclic) bond motifs is 1. The first-order valence-electron chi connectivity index (χ1n) is 7.70. The van der Waals surface area contributed by atoms with Crippen molar-refractivity contribution in [2.45, 2.75) is 31.9 Å². The summed E-state index contributed by atoms with van der Waals surface area (Å²) in [6.07, 6.45) is 0.535. The molecule has 1 saturated heterocycles. The van der Waals surface area contributed by atoms with Crippen LogP contribution in [0.2, 0.25) is 0 Å². The number of rotatable bonds is 3. The van der Waals surface area contributed by atoms with Gasteiger partial charge in [-0.05, 0) is 32.0 Å². The summed E-state index contributed by atoms with van der Waals surface area (Å²) in [6, 6.07) is 4.96. The Morgan fingerprint density at radius 3 is 2.62 bits per heavy atom. The van der Waals surface area contributed by atoms with E-state index in [1.54, 1.807) is 18.2 Å². The van der Waals surface area contributed by atoms with Crippen molar-refractivity contribution >= 4 is 28.3 Å². The lowest BCUT2D eigenvalue weighted by molar-refractivity contribution is 0.0652. The predicted molar refractivity (Wildman–Crippen MR) is 94.6 cm³/mol. The molecule has 1 aromatic carbocycles. The SMILES string of the molecule is CC1(C)CC(NS(=O)(=O)N2CCOCC2)c2cc(N)ccc2O1.Cl. The lowest BCUT2D eigenvalue weighted by Crippen LogP contribution is -2.49. The van der Waals surface area contributed by atoms with Gasteiger partial charge in [-0.25, -0.2) is 0 Å². The van der Waals surface area contributed by atoms with Crippen LogP contribution in [0.4, 0.5) is 5.69 Å². The van der Waals surface area contributed by atoms with Gasteiger partial charge in [0, 0.05) is 30.8 Å². The van der Waals surface area contributed by atoms with Crippen LogP contribution in [-0.4, -0.2) is 44.6 Å². The molecule has 0 amide bonds. The Morgan fingerprint density at radius 1 is 1.29 bits per heavy atom. The molecule has 0 aliphatic carbocycles. The molecule has 0 aromatic heterocycles. The summed E-state index contributed by atoms with van der Waals surface area (Å²) in [7, 11) is -3.58. The molecule has 0 radical (unpaired) electrons. The van der Waals surface area contributed by atoms with E-state index in [1.165, 1.54) is 4.31 Å². The van der Waals surface area contributed by atoms with E-state index in [0.29, 0.717) is 44.2 Å². The first-order chi connectivity index (χ1) is 10.8. The van der Waals surface area contributed by atoms with Crippen LogP contribution >= 0.6 is 12.4 Å². The minimum absolute atomic E-state index is 0. The fourth-order valence-electron chi connectivity index (χ4n) is 3.02. The summed E-state index contributed by atoms with van der Waals surface area (Å²) in [5, 5.41) is 0. The van der Waals surface area contributed by atoms with Crippen LogP contribution < -0.4 is 15.2 Å². The predicted octanol–water partition coefficient (Wildman–Crippen LogP) is 1.46. The molecule has 7 nitrogen and oxygen atoms in total. The average molecular weight is 378 g/mol. The Morgan fingerprint density at radius 2 is 1.96 bits per heavy atom. The minimum atomic E-state index is -3.58. The molecule has 0 bridgehead atoms. The standard InChI is InChI=1S/C15H23N3O4S.ClH/c1-15(2)10-13(12-9-11(16)3-4-14(12)22-15)17-23(19,20)18-5-7-21-8-6-18;/h3-4,9,13,17H,5-8,10,16H2,1-2H3;1H. The maximum atomic E-state index is 12.6. The molecular formula is C15H24ClN3O4S. The maximum Gasteiger partial charge on any atom is 0.280 e. The lowest BCUT2D eigenvalue weighted by atomic mass is 9.90. The van der Waals surface area contributed by atoms with Gasteiger partial charge in [-0.2, -0.15) is 17.4 Å². The van der Waals surface area contributed by atoms with Crippen molar-refractivity contribution in [3.8, 4) is 5.75 Å². The van der Waals surface area contributed by atoms with Crippen LogP contribution in [0.15, 0.2) is 18.2 Å². The molecule has 2 heterocycles. The summed E-state index contributed by atoms with van der Waals surface area (Å²) in [5.41, 5.74) is 6.77. The second-order valence-electron chi connectivity index (χ2n) is 6.55. The number of nitrogens with two attached hydrogens (primary N) is 1. The van der Waals surface area contributed by atoms with Crippen molar-refractivity contribution in [2.24, 2.45) is 0 Å². The lowest BCUT2D eigenvalue weighted by Gasteiger charge is -2.38. The highest BCUT2D eigenvalue weighted by molar-refractivity contribution is 7.87. The number of halogens is 1. The third-order valence-electron chi connectivity index (χ3n) is 4.09. The van der Waals surface area contributed by atoms with Crippen LogP contribution in [-0.2, 0) is 14.9 Å². The normalized spacial score (nSPS) is 23.7. The topological polar surface area (TPSA) is 93.9 Å². The second-order valence-corrected chi connectivity index (χ2v) is 8.25. The molecule has 0 spiro atoms. The van der Waals surface area contributed by atoms with Crippen molar-refractivity contribution in [3.05, 3.63) is 23.8 Å². The van der Waals surface area contributed by atoms with Gasteiger partial charge in [-0.15, -0.1) is 12.4 Å². The van der Waals surface area contributed by atoms with E-state index >= 15 is 0 Å². The highest BCUT2D eigenvalue weighted by Crippen LogP contribution is 2.40. The van der Waals surface area contributed by atoms with Crippen molar-refractivity contribution < 1.29 is 17.9 Å². The Bertz CT molecular complexity index is 690. The number of ether oxygens (including phenoxy) is 2. The number of hydrogen-bond donors (Lipinski definition) is 2. The molecule has 1 fully saturated rings. The number of morpholine rings is 1. The molecule has 1 atom stereocenters. The minimum Gasteiger partial charge on any atom is -0.487 e. The van der Waals surface area contributed by atoms with E-state index in [0.717, 1.165) is 5.56 Å². The van der Waals surface area contributed by atoms with Gasteiger partial charge in [0.1, 0.15) is 11.4 Å². The summed E-state index contributed by atoms with van der Waals surface area (Å²) in [5.74, 6) is 0.671. The van der Waals surface area contributed by atoms with Crippen LogP contribution in [0.1, 0.15) is 31.9 Å². The van der Waals surface area contributed by atoms with Gasteiger partial charge in [-0.3, -0.25) is 0 Å². The number of benzene rings is 1. The molecule has 136 valence electrons. The highest BCUT2D eigenvalue weighted by atomic mass is 35.5. The summed E-state index contributed by atoms with van der Waals surface area (Å²) in [4.78, 5) is 0. The van der Waals surface area contributed by atoms with Gasteiger partial charge in [0.25, 0.3) is 10.2 Å². The van der Waals surface area contributed by atoms with Gasteiger partial charge in [0.05, 0.1) is 19.3 Å². The second kappa shape index (κ2) is 7.05. The Labute approximate surface area is 149 Å². The van der Waals surface area contributed by atoms with Gasteiger partial charge >= 0.3 is 0 Å². The highest BCUT2D eigenvalue weighted by Gasteiger charge is 2.37. The number of nitrogen functional groups attached to an aromatic ring is 1. The van der Waals surface area contributed by atoms with Gasteiger partial charge in [-0.1, -0.05) is 0 Å². The number of anilines is 1. The molecule has 0 saturated carbocycles. The summed E-state index contributed by atoms with van der Waals surface area (Å²) < 4.78 is 40.7. The van der Waals surface area contributed by atoms with Crippen molar-refractivity contribution in [1.82, 2.24) is 9.03 Å². The Hall–Kier alpha value is -1.06. The molecular weight excluding hydrogens is 354 g/mol. The van der Waals surface area contributed by atoms with Crippen LogP contribution in [0.5, 0.6) is 5.75 Å². The first-order valence-corrected chi connectivity index (χ1v) is 9.14. The third kappa shape index (κ3) is 4.12. The Balaban J connectivity index is 0.00000208. The van der Waals surface area contributed by atoms with Gasteiger partial charge < -0.3 is 15.2 Å². The molecule has 24 heavy (non-hydrogen) atoms. The zero-order valence-electron chi connectivity index (χ0n) is 13.8. The van der Waals surface area contributed by atoms with E-state index in [9.17, 15) is 8.42 Å². The number of nitrogens with zero attached hydrogens (tertiary/aromatic N) is 1. The van der Waals surface area contributed by atoms with Gasteiger partial charge in [0.2, 0.25) is 0 Å². The molecule has 1 unspecified atom stereocenters. The molecule has 3 N–H and O–H groups in total. The Kier molecular flexibility index (Phi) is 5.66. The summed E-state index contributed by atoms with van der Waals surface area (Å²) >= 11 is 0. The molecule has 3 rings (SSSR count). The zero-order chi connectivity index (χ0) is 16.7. The first kappa shape index (κ1) is 19.3. The van der Waals surface area contributed by atoms with E-state index in [4.69, 9.17) is 15.2 Å². The number of nitrogens with one attached hydrogen (secondary N) is 1. The number of hydrogen-bond acceptors (Lipinski definition) is 5. The van der Waals surface area contributed by atoms with Crippen molar-refractivity contribution in [2.75, 3.05) is 32.0 Å². The quantitative estimate of drug-likeness (QED) is 0.778. The van der Waals surface area contributed by atoms with Crippen LogP contribution in [0.3, 0.4) is 0 Å². The monoisotopic (exact) mass is 377 g/mol. The average Bonchev–Trinajstić information content (AvgIpc) is 2.48. The smallest absolute Gasteiger partial charge is 0.280 e. The van der Waals surface area contributed by atoms with Crippen LogP contribution in [0.25, 0.3) is 0 Å². The molecule has 2 aliphatic heterocycles. The van der Waals surface area contributed by atoms with E-state index in [1.807, 2.05) is 13.8 Å². The van der Waals surface area contributed by atoms with E-state index < -0.39 is 15.8 Å². The fraction of sp³-hybridized carbons (Fsp3) is 0.600. The van der Waals surface area contributed by atoms with Gasteiger partial charge in [0.15, 0.2) is 0 Å². The maximum absolute atomic E-state index is 12.6. The molecule has 2 aliphatic rings. The van der Waals surface area contributed by atoms with E-state index in [2.05, 4.69) is 4.72 Å². The fourth-order valence-corrected chi connectivity index (χ4v) is 4.37.